The molecule has 3 N–H and O–H groups in total. The molecule has 1 aliphatic carbocycles. The Labute approximate surface area is 170 Å². The zero-order chi connectivity index (χ0) is 18.8. The average molecular weight is 404 g/mol. The molecule has 1 saturated carbocycles. The Hall–Kier alpha value is -2.38. The van der Waals surface area contributed by atoms with Crippen LogP contribution in [0.25, 0.3) is 0 Å². The minimum absolute atomic E-state index is 0. The molecule has 2 amide bonds. The second-order valence-corrected chi connectivity index (χ2v) is 7.43. The van der Waals surface area contributed by atoms with Crippen molar-refractivity contribution in [2.45, 2.75) is 38.6 Å². The number of nitrogens with one attached hydrogen (secondary N) is 3. The molecular weight excluding hydrogens is 378 g/mol. The van der Waals surface area contributed by atoms with Gasteiger partial charge in [0.1, 0.15) is 0 Å². The summed E-state index contributed by atoms with van der Waals surface area (Å²) in [5.41, 5.74) is 2.71. The number of amides is 2. The molecule has 4 rings (SSSR count). The third kappa shape index (κ3) is 4.72. The predicted octanol–water partition coefficient (Wildman–Crippen LogP) is 3.14. The van der Waals surface area contributed by atoms with Gasteiger partial charge in [-0.05, 0) is 62.9 Å². The SMILES string of the molecule is Cc1ccc(NC(=O)C2CC2)cc1NC(=O)c1ccn(C2CCCNC2)n1.Cl. The zero-order valence-corrected chi connectivity index (χ0v) is 16.7. The highest BCUT2D eigenvalue weighted by atomic mass is 35.5. The average Bonchev–Trinajstić information content (AvgIpc) is 3.42. The van der Waals surface area contributed by atoms with Gasteiger partial charge in [0.15, 0.2) is 5.69 Å². The van der Waals surface area contributed by atoms with Crippen LogP contribution in [0.4, 0.5) is 11.4 Å². The lowest BCUT2D eigenvalue weighted by Crippen LogP contribution is -2.32. The van der Waals surface area contributed by atoms with Gasteiger partial charge in [0.2, 0.25) is 5.91 Å². The van der Waals surface area contributed by atoms with Gasteiger partial charge >= 0.3 is 0 Å². The molecule has 28 heavy (non-hydrogen) atoms. The van der Waals surface area contributed by atoms with E-state index in [1.54, 1.807) is 12.1 Å². The van der Waals surface area contributed by atoms with E-state index in [1.807, 2.05) is 29.9 Å². The summed E-state index contributed by atoms with van der Waals surface area (Å²) in [7, 11) is 0. The summed E-state index contributed by atoms with van der Waals surface area (Å²) in [6.45, 7) is 3.84. The first kappa shape index (κ1) is 20.4. The van der Waals surface area contributed by atoms with Crippen LogP contribution in [0.1, 0.15) is 47.8 Å². The lowest BCUT2D eigenvalue weighted by atomic mass is 10.1. The lowest BCUT2D eigenvalue weighted by Gasteiger charge is -2.22. The van der Waals surface area contributed by atoms with Crippen LogP contribution in [-0.4, -0.2) is 34.7 Å². The molecule has 2 aromatic rings. The highest BCUT2D eigenvalue weighted by Gasteiger charge is 2.29. The van der Waals surface area contributed by atoms with Crippen LogP contribution < -0.4 is 16.0 Å². The van der Waals surface area contributed by atoms with Gasteiger partial charge in [0.05, 0.1) is 6.04 Å². The van der Waals surface area contributed by atoms with Gasteiger partial charge in [-0.15, -0.1) is 12.4 Å². The van der Waals surface area contributed by atoms with Crippen molar-refractivity contribution in [2.24, 2.45) is 5.92 Å². The maximum absolute atomic E-state index is 12.6. The highest BCUT2D eigenvalue weighted by molar-refractivity contribution is 6.04. The summed E-state index contributed by atoms with van der Waals surface area (Å²) in [6.07, 6.45) is 5.97. The maximum atomic E-state index is 12.6. The smallest absolute Gasteiger partial charge is 0.276 e. The van der Waals surface area contributed by atoms with Crippen LogP contribution in [0.15, 0.2) is 30.5 Å². The first-order valence-corrected chi connectivity index (χ1v) is 9.59. The van der Waals surface area contributed by atoms with E-state index >= 15 is 0 Å². The Balaban J connectivity index is 0.00000225. The number of halogens is 1. The van der Waals surface area contributed by atoms with Crippen LogP contribution in [0, 0.1) is 12.8 Å². The summed E-state index contributed by atoms with van der Waals surface area (Å²) in [5, 5.41) is 13.6. The van der Waals surface area contributed by atoms with Crippen molar-refractivity contribution in [1.29, 1.82) is 0 Å². The highest BCUT2D eigenvalue weighted by Crippen LogP contribution is 2.31. The van der Waals surface area contributed by atoms with Crippen molar-refractivity contribution in [3.05, 3.63) is 41.7 Å². The minimum atomic E-state index is -0.244. The van der Waals surface area contributed by atoms with Crippen molar-refractivity contribution in [3.63, 3.8) is 0 Å². The van der Waals surface area contributed by atoms with E-state index < -0.39 is 0 Å². The van der Waals surface area contributed by atoms with Crippen LogP contribution in [0.2, 0.25) is 0 Å². The molecule has 0 spiro atoms. The lowest BCUT2D eigenvalue weighted by molar-refractivity contribution is -0.117. The Morgan fingerprint density at radius 1 is 1.18 bits per heavy atom. The summed E-state index contributed by atoms with van der Waals surface area (Å²) in [4.78, 5) is 24.6. The van der Waals surface area contributed by atoms with Gasteiger partial charge in [0.25, 0.3) is 5.91 Å². The molecule has 1 unspecified atom stereocenters. The Morgan fingerprint density at radius 3 is 2.71 bits per heavy atom. The second kappa shape index (κ2) is 8.75. The Bertz CT molecular complexity index is 856. The fraction of sp³-hybridized carbons (Fsp3) is 0.450. The molecule has 0 radical (unpaired) electrons. The number of aromatic nitrogens is 2. The first-order valence-electron chi connectivity index (χ1n) is 9.59. The summed E-state index contributed by atoms with van der Waals surface area (Å²) in [5.74, 6) is -0.0511. The molecule has 7 nitrogen and oxygen atoms in total. The minimum Gasteiger partial charge on any atom is -0.326 e. The molecule has 1 atom stereocenters. The number of carbonyl (C=O) groups is 2. The number of aryl methyl sites for hydroxylation is 1. The quantitative estimate of drug-likeness (QED) is 0.715. The van der Waals surface area contributed by atoms with Gasteiger partial charge in [0, 0.05) is 30.0 Å². The topological polar surface area (TPSA) is 88.0 Å². The van der Waals surface area contributed by atoms with E-state index in [0.29, 0.717) is 23.1 Å². The van der Waals surface area contributed by atoms with Crippen LogP contribution in [-0.2, 0) is 4.79 Å². The molecule has 1 aliphatic heterocycles. The number of piperidine rings is 1. The van der Waals surface area contributed by atoms with Gasteiger partial charge < -0.3 is 16.0 Å². The molecule has 1 aromatic carbocycles. The van der Waals surface area contributed by atoms with E-state index in [2.05, 4.69) is 21.0 Å². The molecule has 0 bridgehead atoms. The van der Waals surface area contributed by atoms with Gasteiger partial charge in [-0.2, -0.15) is 5.10 Å². The predicted molar refractivity (Wildman–Crippen MR) is 111 cm³/mol. The molecule has 1 saturated heterocycles. The number of nitrogens with zero attached hydrogens (tertiary/aromatic N) is 2. The van der Waals surface area contributed by atoms with E-state index in [4.69, 9.17) is 0 Å². The van der Waals surface area contributed by atoms with E-state index in [9.17, 15) is 9.59 Å². The summed E-state index contributed by atoms with van der Waals surface area (Å²) < 4.78 is 1.88. The van der Waals surface area contributed by atoms with E-state index in [-0.39, 0.29) is 30.1 Å². The molecule has 8 heteroatoms. The van der Waals surface area contributed by atoms with Crippen LogP contribution in [0.5, 0.6) is 0 Å². The van der Waals surface area contributed by atoms with Crippen molar-refractivity contribution in [3.8, 4) is 0 Å². The number of hydrogen-bond acceptors (Lipinski definition) is 4. The Morgan fingerprint density at radius 2 is 2.00 bits per heavy atom. The van der Waals surface area contributed by atoms with Gasteiger partial charge in [-0.25, -0.2) is 0 Å². The number of carbonyl (C=O) groups excluding carboxylic acids is 2. The van der Waals surface area contributed by atoms with E-state index in [0.717, 1.165) is 44.3 Å². The normalized spacial score (nSPS) is 18.8. The number of benzene rings is 1. The fourth-order valence-corrected chi connectivity index (χ4v) is 3.33. The van der Waals surface area contributed by atoms with Crippen molar-refractivity contribution < 1.29 is 9.59 Å². The second-order valence-electron chi connectivity index (χ2n) is 7.43. The third-order valence-electron chi connectivity index (χ3n) is 5.19. The van der Waals surface area contributed by atoms with Crippen molar-refractivity contribution >= 4 is 35.6 Å². The van der Waals surface area contributed by atoms with Crippen molar-refractivity contribution in [1.82, 2.24) is 15.1 Å². The third-order valence-corrected chi connectivity index (χ3v) is 5.19. The standard InChI is InChI=1S/C20H25N5O2.ClH/c1-13-4-7-15(22-19(26)14-5-6-14)11-18(13)23-20(27)17-8-10-25(24-17)16-3-2-9-21-12-16;/h4,7-8,10-11,14,16,21H,2-3,5-6,9,12H2,1H3,(H,22,26)(H,23,27);1H. The summed E-state index contributed by atoms with van der Waals surface area (Å²) in [6, 6.07) is 7.59. The maximum Gasteiger partial charge on any atom is 0.276 e. The van der Waals surface area contributed by atoms with Crippen LogP contribution in [0.3, 0.4) is 0 Å². The molecule has 1 aromatic heterocycles. The molecule has 150 valence electrons. The van der Waals surface area contributed by atoms with Gasteiger partial charge in [-0.1, -0.05) is 6.07 Å². The largest absolute Gasteiger partial charge is 0.326 e. The van der Waals surface area contributed by atoms with Crippen LogP contribution >= 0.6 is 12.4 Å². The zero-order valence-electron chi connectivity index (χ0n) is 15.9. The molecular formula is C20H26ClN5O2. The number of hydrogen-bond donors (Lipinski definition) is 3. The molecule has 2 heterocycles. The molecule has 2 fully saturated rings. The first-order chi connectivity index (χ1) is 13.1. The fourth-order valence-electron chi connectivity index (χ4n) is 3.33. The van der Waals surface area contributed by atoms with E-state index in [1.165, 1.54) is 0 Å². The van der Waals surface area contributed by atoms with Crippen molar-refractivity contribution in [2.75, 3.05) is 23.7 Å². The monoisotopic (exact) mass is 403 g/mol. The number of rotatable bonds is 5. The Kier molecular flexibility index (Phi) is 6.36. The molecule has 2 aliphatic rings. The summed E-state index contributed by atoms with van der Waals surface area (Å²) >= 11 is 0. The number of anilines is 2. The van der Waals surface area contributed by atoms with Gasteiger partial charge in [-0.3, -0.25) is 14.3 Å².